The summed E-state index contributed by atoms with van der Waals surface area (Å²) < 4.78 is 79.3. The summed E-state index contributed by atoms with van der Waals surface area (Å²) in [4.78, 5) is 20.1. The van der Waals surface area contributed by atoms with Gasteiger partial charge in [-0.05, 0) is 24.0 Å². The van der Waals surface area contributed by atoms with Crippen molar-refractivity contribution in [3.05, 3.63) is 47.5 Å². The van der Waals surface area contributed by atoms with Crippen LogP contribution in [0.3, 0.4) is 0 Å². The van der Waals surface area contributed by atoms with Gasteiger partial charge < -0.3 is 10.6 Å². The van der Waals surface area contributed by atoms with Crippen LogP contribution < -0.4 is 10.6 Å². The summed E-state index contributed by atoms with van der Waals surface area (Å²) in [5, 5.41) is 5.23. The number of amides is 1. The molecule has 2 N–H and O–H groups in total. The van der Waals surface area contributed by atoms with Crippen molar-refractivity contribution in [1.29, 1.82) is 0 Å². The Hall–Kier alpha value is -2.96. The lowest BCUT2D eigenvalue weighted by atomic mass is 10.2. The molecule has 0 aliphatic carbocycles. The van der Waals surface area contributed by atoms with E-state index < -0.39 is 29.5 Å². The standard InChI is InChI=1S/C18H15F6N5OS/c1-3-31-16-14(28-13-6-9(17(19,20)21)4-5-29(13)16)15(30)27-10-7-12(18(22,23)24)26-8-11(10)25-2/h4-8,25H,3H2,1-2H3,(H,26,27,30). The number of alkyl halides is 6. The average Bonchev–Trinajstić information content (AvgIpc) is 3.05. The largest absolute Gasteiger partial charge is 0.433 e. The van der Waals surface area contributed by atoms with Gasteiger partial charge >= 0.3 is 12.4 Å². The number of nitrogens with one attached hydrogen (secondary N) is 2. The van der Waals surface area contributed by atoms with E-state index in [1.165, 1.54) is 11.4 Å². The Balaban J connectivity index is 2.05. The van der Waals surface area contributed by atoms with Gasteiger partial charge in [0.25, 0.3) is 5.91 Å². The van der Waals surface area contributed by atoms with E-state index in [9.17, 15) is 31.1 Å². The van der Waals surface area contributed by atoms with E-state index in [2.05, 4.69) is 20.6 Å². The van der Waals surface area contributed by atoms with Gasteiger partial charge in [0.1, 0.15) is 16.4 Å². The molecule has 6 nitrogen and oxygen atoms in total. The summed E-state index contributed by atoms with van der Waals surface area (Å²) in [6.45, 7) is 1.77. The second-order valence-electron chi connectivity index (χ2n) is 6.16. The SMILES string of the molecule is CCSc1c(C(=O)Nc2cc(C(F)(F)F)ncc2NC)nc2cc(C(F)(F)F)ccn12. The van der Waals surface area contributed by atoms with E-state index in [1.807, 2.05) is 0 Å². The fourth-order valence-electron chi connectivity index (χ4n) is 2.72. The molecular weight excluding hydrogens is 448 g/mol. The number of pyridine rings is 2. The molecule has 0 spiro atoms. The number of hydrogen-bond acceptors (Lipinski definition) is 5. The number of imidazole rings is 1. The molecule has 3 heterocycles. The van der Waals surface area contributed by atoms with Crippen molar-refractivity contribution >= 4 is 34.7 Å². The highest BCUT2D eigenvalue weighted by Gasteiger charge is 2.34. The van der Waals surface area contributed by atoms with Crippen LogP contribution in [0.2, 0.25) is 0 Å². The van der Waals surface area contributed by atoms with Crippen LogP contribution in [0.4, 0.5) is 37.7 Å². The maximum absolute atomic E-state index is 13.0. The Morgan fingerprint density at radius 2 is 1.84 bits per heavy atom. The Kier molecular flexibility index (Phi) is 6.07. The molecule has 0 aromatic carbocycles. The maximum atomic E-state index is 13.0. The Labute approximate surface area is 176 Å². The third-order valence-electron chi connectivity index (χ3n) is 4.12. The van der Waals surface area contributed by atoms with Gasteiger partial charge in [0, 0.05) is 13.2 Å². The highest BCUT2D eigenvalue weighted by molar-refractivity contribution is 7.99. The minimum atomic E-state index is -4.73. The quantitative estimate of drug-likeness (QED) is 0.404. The van der Waals surface area contributed by atoms with Crippen LogP contribution in [0.1, 0.15) is 28.7 Å². The van der Waals surface area contributed by atoms with E-state index in [0.717, 1.165) is 36.3 Å². The first-order chi connectivity index (χ1) is 14.5. The molecule has 0 saturated carbocycles. The normalized spacial score (nSPS) is 12.3. The monoisotopic (exact) mass is 463 g/mol. The number of hydrogen-bond donors (Lipinski definition) is 2. The van der Waals surface area contributed by atoms with Crippen molar-refractivity contribution in [3.8, 4) is 0 Å². The smallest absolute Gasteiger partial charge is 0.385 e. The molecule has 0 saturated heterocycles. The second-order valence-corrected chi connectivity index (χ2v) is 7.41. The fraction of sp³-hybridized carbons (Fsp3) is 0.278. The molecule has 0 atom stereocenters. The highest BCUT2D eigenvalue weighted by atomic mass is 32.2. The second kappa shape index (κ2) is 8.29. The first-order valence-corrected chi connectivity index (χ1v) is 9.72. The Morgan fingerprint density at radius 3 is 2.42 bits per heavy atom. The molecule has 1 amide bonds. The molecule has 0 bridgehead atoms. The van der Waals surface area contributed by atoms with Crippen molar-refractivity contribution < 1.29 is 31.1 Å². The highest BCUT2D eigenvalue weighted by Crippen LogP contribution is 2.34. The van der Waals surface area contributed by atoms with E-state index >= 15 is 0 Å². The van der Waals surface area contributed by atoms with Crippen LogP contribution in [0.5, 0.6) is 0 Å². The van der Waals surface area contributed by atoms with Crippen LogP contribution in [-0.2, 0) is 12.4 Å². The van der Waals surface area contributed by atoms with Gasteiger partial charge in [-0.1, -0.05) is 6.92 Å². The van der Waals surface area contributed by atoms with Crippen LogP contribution in [0.15, 0.2) is 35.6 Å². The van der Waals surface area contributed by atoms with Gasteiger partial charge in [0.05, 0.1) is 23.1 Å². The zero-order chi connectivity index (χ0) is 23.0. The first-order valence-electron chi connectivity index (χ1n) is 8.74. The molecule has 166 valence electrons. The Bertz CT molecular complexity index is 1130. The van der Waals surface area contributed by atoms with Gasteiger partial charge in [-0.25, -0.2) is 9.97 Å². The number of halogens is 6. The molecule has 0 fully saturated rings. The molecule has 0 unspecified atom stereocenters. The molecule has 0 radical (unpaired) electrons. The molecule has 0 aliphatic heterocycles. The average molecular weight is 463 g/mol. The number of carbonyl (C=O) groups is 1. The predicted octanol–water partition coefficient (Wildman–Crippen LogP) is 5.17. The molecular formula is C18H15F6N5OS. The van der Waals surface area contributed by atoms with Crippen LogP contribution in [0.25, 0.3) is 5.65 Å². The van der Waals surface area contributed by atoms with Crippen LogP contribution >= 0.6 is 11.8 Å². The summed E-state index contributed by atoms with van der Waals surface area (Å²) in [5.74, 6) is -0.395. The molecule has 3 rings (SSSR count). The number of anilines is 2. The van der Waals surface area contributed by atoms with Crippen LogP contribution in [-0.4, -0.2) is 33.1 Å². The van der Waals surface area contributed by atoms with E-state index in [4.69, 9.17) is 0 Å². The van der Waals surface area contributed by atoms with Crippen LogP contribution in [0, 0.1) is 0 Å². The zero-order valence-corrected chi connectivity index (χ0v) is 16.8. The minimum absolute atomic E-state index is 0.115. The molecule has 3 aromatic heterocycles. The van der Waals surface area contributed by atoms with E-state index in [1.54, 1.807) is 6.92 Å². The van der Waals surface area contributed by atoms with Crippen molar-refractivity contribution in [2.24, 2.45) is 0 Å². The van der Waals surface area contributed by atoms with Crippen molar-refractivity contribution in [3.63, 3.8) is 0 Å². The third-order valence-corrected chi connectivity index (χ3v) is 5.07. The predicted molar refractivity (Wildman–Crippen MR) is 103 cm³/mol. The van der Waals surface area contributed by atoms with Gasteiger partial charge in [-0.3, -0.25) is 9.20 Å². The van der Waals surface area contributed by atoms with Gasteiger partial charge in [-0.15, -0.1) is 11.8 Å². The molecule has 0 aliphatic rings. The lowest BCUT2D eigenvalue weighted by molar-refractivity contribution is -0.141. The topological polar surface area (TPSA) is 71.3 Å². The summed E-state index contributed by atoms with van der Waals surface area (Å²) in [7, 11) is 1.43. The number of nitrogens with zero attached hydrogens (tertiary/aromatic N) is 3. The third kappa shape index (κ3) is 4.70. The molecule has 31 heavy (non-hydrogen) atoms. The fourth-order valence-corrected chi connectivity index (χ4v) is 3.56. The minimum Gasteiger partial charge on any atom is -0.385 e. The van der Waals surface area contributed by atoms with E-state index in [-0.39, 0.29) is 27.7 Å². The summed E-state index contributed by atoms with van der Waals surface area (Å²) in [6, 6.07) is 2.31. The molecule has 13 heteroatoms. The summed E-state index contributed by atoms with van der Waals surface area (Å²) in [5.41, 5.74) is -2.56. The maximum Gasteiger partial charge on any atom is 0.433 e. The van der Waals surface area contributed by atoms with Crippen molar-refractivity contribution in [2.75, 3.05) is 23.4 Å². The number of carbonyl (C=O) groups excluding carboxylic acids is 1. The van der Waals surface area contributed by atoms with Gasteiger partial charge in [-0.2, -0.15) is 26.3 Å². The lowest BCUT2D eigenvalue weighted by Crippen LogP contribution is -2.17. The molecule has 3 aromatic rings. The van der Waals surface area contributed by atoms with Gasteiger partial charge in [0.2, 0.25) is 0 Å². The first kappa shape index (κ1) is 22.7. The Morgan fingerprint density at radius 1 is 1.13 bits per heavy atom. The summed E-state index contributed by atoms with van der Waals surface area (Å²) in [6.07, 6.45) is -7.26. The summed E-state index contributed by atoms with van der Waals surface area (Å²) >= 11 is 1.16. The number of thioether (sulfide) groups is 1. The number of fused-ring (bicyclic) bond motifs is 1. The number of aromatic nitrogens is 3. The zero-order valence-electron chi connectivity index (χ0n) is 16.0. The van der Waals surface area contributed by atoms with E-state index in [0.29, 0.717) is 11.8 Å². The van der Waals surface area contributed by atoms with Crippen molar-refractivity contribution in [2.45, 2.75) is 24.3 Å². The number of rotatable bonds is 5. The lowest BCUT2D eigenvalue weighted by Gasteiger charge is -2.13. The van der Waals surface area contributed by atoms with Gasteiger partial charge in [0.15, 0.2) is 5.69 Å². The van der Waals surface area contributed by atoms with Crippen molar-refractivity contribution in [1.82, 2.24) is 14.4 Å².